The molecule has 0 fully saturated rings. The highest BCUT2D eigenvalue weighted by Crippen LogP contribution is 2.19. The van der Waals surface area contributed by atoms with Crippen molar-refractivity contribution in [2.45, 2.75) is 31.4 Å². The summed E-state index contributed by atoms with van der Waals surface area (Å²) in [5.41, 5.74) is 1.54. The van der Waals surface area contributed by atoms with Gasteiger partial charge in [-0.1, -0.05) is 12.1 Å². The molecule has 2 N–H and O–H groups in total. The quantitative estimate of drug-likeness (QED) is 0.831. The van der Waals surface area contributed by atoms with Crippen LogP contribution in [0.4, 0.5) is 5.69 Å². The highest BCUT2D eigenvalue weighted by Gasteiger charge is 2.38. The number of carbonyl (C=O) groups is 1. The largest absolute Gasteiger partial charge is 0.396 e. The van der Waals surface area contributed by atoms with E-state index in [2.05, 4.69) is 5.32 Å². The van der Waals surface area contributed by atoms with Crippen LogP contribution in [0, 0.1) is 0 Å². The molecule has 112 valence electrons. The second kappa shape index (κ2) is 6.37. The van der Waals surface area contributed by atoms with Gasteiger partial charge in [-0.05, 0) is 44.4 Å². The zero-order valence-electron chi connectivity index (χ0n) is 12.0. The van der Waals surface area contributed by atoms with Crippen LogP contribution in [0.5, 0.6) is 0 Å². The molecule has 1 aromatic carbocycles. The van der Waals surface area contributed by atoms with Crippen LogP contribution in [0.25, 0.3) is 0 Å². The predicted octanol–water partition coefficient (Wildman–Crippen LogP) is 1.37. The fourth-order valence-electron chi connectivity index (χ4n) is 1.54. The van der Waals surface area contributed by atoms with E-state index in [4.69, 9.17) is 5.11 Å². The van der Waals surface area contributed by atoms with Gasteiger partial charge in [0.2, 0.25) is 5.91 Å². The number of aliphatic hydroxyl groups is 1. The lowest BCUT2D eigenvalue weighted by Gasteiger charge is -2.21. The second-order valence-electron chi connectivity index (χ2n) is 5.26. The van der Waals surface area contributed by atoms with E-state index in [1.807, 2.05) is 6.07 Å². The standard InChI is InChI=1S/C14H21NO4S/c1-14(2,20(3,18)19)13(17)15-12-8-4-6-11(10-12)7-5-9-16/h4,6,8,10,16H,5,7,9H2,1-3H3,(H,15,17). The van der Waals surface area contributed by atoms with E-state index < -0.39 is 20.5 Å². The molecule has 1 rings (SSSR count). The Bertz CT molecular complexity index is 579. The van der Waals surface area contributed by atoms with Crippen LogP contribution in [-0.4, -0.2) is 37.0 Å². The molecule has 0 saturated heterocycles. The van der Waals surface area contributed by atoms with Crippen molar-refractivity contribution in [2.24, 2.45) is 0 Å². The van der Waals surface area contributed by atoms with E-state index in [0.717, 1.165) is 11.8 Å². The summed E-state index contributed by atoms with van der Waals surface area (Å²) >= 11 is 0. The number of carbonyl (C=O) groups excluding carboxylic acids is 1. The third-order valence-corrected chi connectivity index (χ3v) is 5.32. The first kappa shape index (κ1) is 16.7. The molecule has 0 bridgehead atoms. The fourth-order valence-corrected chi connectivity index (χ4v) is 1.93. The number of rotatable bonds is 6. The molecule has 0 heterocycles. The lowest BCUT2D eigenvalue weighted by molar-refractivity contribution is -0.117. The molecule has 0 saturated carbocycles. The lowest BCUT2D eigenvalue weighted by Crippen LogP contribution is -2.43. The number of sulfone groups is 1. The van der Waals surface area contributed by atoms with Crippen molar-refractivity contribution >= 4 is 21.4 Å². The zero-order chi connectivity index (χ0) is 15.4. The lowest BCUT2D eigenvalue weighted by atomic mass is 10.1. The summed E-state index contributed by atoms with van der Waals surface area (Å²) in [5, 5.41) is 11.4. The maximum atomic E-state index is 12.1. The third-order valence-electron chi connectivity index (χ3n) is 3.28. The molecule has 1 aromatic rings. The summed E-state index contributed by atoms with van der Waals surface area (Å²) in [6.07, 6.45) is 2.40. The molecule has 0 aromatic heterocycles. The molecule has 5 nitrogen and oxygen atoms in total. The maximum Gasteiger partial charge on any atom is 0.245 e. The summed E-state index contributed by atoms with van der Waals surface area (Å²) in [5.74, 6) is -0.556. The minimum atomic E-state index is -3.49. The topological polar surface area (TPSA) is 83.5 Å². The maximum absolute atomic E-state index is 12.1. The van der Waals surface area contributed by atoms with Crippen molar-refractivity contribution in [3.8, 4) is 0 Å². The smallest absolute Gasteiger partial charge is 0.245 e. The summed E-state index contributed by atoms with van der Waals surface area (Å²) < 4.78 is 21.7. The molecule has 0 radical (unpaired) electrons. The number of hydrogen-bond acceptors (Lipinski definition) is 4. The number of hydrogen-bond donors (Lipinski definition) is 2. The zero-order valence-corrected chi connectivity index (χ0v) is 12.8. The number of anilines is 1. The Morgan fingerprint density at radius 3 is 2.55 bits per heavy atom. The number of aliphatic hydroxyl groups excluding tert-OH is 1. The van der Waals surface area contributed by atoms with Crippen LogP contribution in [0.2, 0.25) is 0 Å². The van der Waals surface area contributed by atoms with E-state index >= 15 is 0 Å². The Morgan fingerprint density at radius 1 is 1.35 bits per heavy atom. The molecular formula is C14H21NO4S. The molecular weight excluding hydrogens is 278 g/mol. The van der Waals surface area contributed by atoms with E-state index in [1.54, 1.807) is 18.2 Å². The van der Waals surface area contributed by atoms with Gasteiger partial charge in [-0.15, -0.1) is 0 Å². The number of benzene rings is 1. The Hall–Kier alpha value is -1.40. The van der Waals surface area contributed by atoms with Gasteiger partial charge in [0, 0.05) is 18.6 Å². The normalized spacial score (nSPS) is 12.2. The fraction of sp³-hybridized carbons (Fsp3) is 0.500. The van der Waals surface area contributed by atoms with E-state index in [9.17, 15) is 13.2 Å². The molecule has 0 atom stereocenters. The van der Waals surface area contributed by atoms with Crippen molar-refractivity contribution in [2.75, 3.05) is 18.2 Å². The average Bonchev–Trinajstić information content (AvgIpc) is 2.35. The molecule has 0 aliphatic rings. The summed E-state index contributed by atoms with van der Waals surface area (Å²) in [7, 11) is -3.49. The second-order valence-corrected chi connectivity index (χ2v) is 7.83. The van der Waals surface area contributed by atoms with Crippen molar-refractivity contribution in [3.05, 3.63) is 29.8 Å². The van der Waals surface area contributed by atoms with E-state index in [-0.39, 0.29) is 6.61 Å². The molecule has 6 heteroatoms. The molecule has 0 spiro atoms. The van der Waals surface area contributed by atoms with Crippen molar-refractivity contribution < 1.29 is 18.3 Å². The molecule has 20 heavy (non-hydrogen) atoms. The van der Waals surface area contributed by atoms with Gasteiger partial charge >= 0.3 is 0 Å². The van der Waals surface area contributed by atoms with E-state index in [0.29, 0.717) is 18.5 Å². The molecule has 0 aliphatic carbocycles. The van der Waals surface area contributed by atoms with E-state index in [1.165, 1.54) is 13.8 Å². The first-order valence-electron chi connectivity index (χ1n) is 6.39. The van der Waals surface area contributed by atoms with Crippen LogP contribution < -0.4 is 5.32 Å². The summed E-state index contributed by atoms with van der Waals surface area (Å²) in [6, 6.07) is 7.17. The number of aryl methyl sites for hydroxylation is 1. The Balaban J connectivity index is 2.86. The highest BCUT2D eigenvalue weighted by atomic mass is 32.2. The van der Waals surface area contributed by atoms with Gasteiger partial charge < -0.3 is 10.4 Å². The first-order valence-corrected chi connectivity index (χ1v) is 8.28. The third kappa shape index (κ3) is 4.05. The summed E-state index contributed by atoms with van der Waals surface area (Å²) in [6.45, 7) is 2.87. The van der Waals surface area contributed by atoms with Gasteiger partial charge in [0.25, 0.3) is 0 Å². The number of amides is 1. The van der Waals surface area contributed by atoms with Gasteiger partial charge in [-0.2, -0.15) is 0 Å². The monoisotopic (exact) mass is 299 g/mol. The molecule has 0 aliphatic heterocycles. The van der Waals surface area contributed by atoms with Crippen molar-refractivity contribution in [1.82, 2.24) is 0 Å². The minimum Gasteiger partial charge on any atom is -0.396 e. The van der Waals surface area contributed by atoms with Crippen LogP contribution in [0.3, 0.4) is 0 Å². The molecule has 1 amide bonds. The summed E-state index contributed by atoms with van der Waals surface area (Å²) in [4.78, 5) is 12.1. The van der Waals surface area contributed by atoms with Crippen LogP contribution in [-0.2, 0) is 21.1 Å². The molecule has 0 unspecified atom stereocenters. The van der Waals surface area contributed by atoms with Gasteiger partial charge in [0.05, 0.1) is 0 Å². The Kier molecular flexibility index (Phi) is 5.30. The average molecular weight is 299 g/mol. The van der Waals surface area contributed by atoms with Crippen LogP contribution in [0.15, 0.2) is 24.3 Å². The highest BCUT2D eigenvalue weighted by molar-refractivity contribution is 7.92. The van der Waals surface area contributed by atoms with Crippen molar-refractivity contribution in [3.63, 3.8) is 0 Å². The Morgan fingerprint density at radius 2 is 2.00 bits per heavy atom. The van der Waals surface area contributed by atoms with Gasteiger partial charge in [-0.3, -0.25) is 4.79 Å². The van der Waals surface area contributed by atoms with Gasteiger partial charge in [0.1, 0.15) is 4.75 Å². The SMILES string of the molecule is CC(C)(C(=O)Nc1cccc(CCCO)c1)S(C)(=O)=O. The Labute approximate surface area is 119 Å². The van der Waals surface area contributed by atoms with Crippen molar-refractivity contribution in [1.29, 1.82) is 0 Å². The van der Waals surface area contributed by atoms with Gasteiger partial charge in [-0.25, -0.2) is 8.42 Å². The van der Waals surface area contributed by atoms with Crippen LogP contribution >= 0.6 is 0 Å². The predicted molar refractivity (Wildman–Crippen MR) is 79.4 cm³/mol. The number of nitrogens with one attached hydrogen (secondary N) is 1. The van der Waals surface area contributed by atoms with Gasteiger partial charge in [0.15, 0.2) is 9.84 Å². The van der Waals surface area contributed by atoms with Crippen LogP contribution in [0.1, 0.15) is 25.8 Å². The first-order chi connectivity index (χ1) is 9.18. The minimum absolute atomic E-state index is 0.109.